The Labute approximate surface area is 116 Å². The first-order chi connectivity index (χ1) is 9.60. The molecule has 0 radical (unpaired) electrons. The topological polar surface area (TPSA) is 53.2 Å². The van der Waals surface area contributed by atoms with Crippen molar-refractivity contribution in [3.63, 3.8) is 0 Å². The Kier molecular flexibility index (Phi) is 4.34. The summed E-state index contributed by atoms with van der Waals surface area (Å²) in [4.78, 5) is 0. The zero-order chi connectivity index (χ0) is 14.5. The Bertz CT molecular complexity index is 630. The fourth-order valence-electron chi connectivity index (χ4n) is 1.81. The summed E-state index contributed by atoms with van der Waals surface area (Å²) in [5.74, 6) is 0.0392. The Hall–Kier alpha value is -2.38. The van der Waals surface area contributed by atoms with Crippen molar-refractivity contribution >= 4 is 0 Å². The number of nitrogens with zero attached hydrogens (tertiary/aromatic N) is 1. The minimum absolute atomic E-state index is 0.289. The van der Waals surface area contributed by atoms with Crippen LogP contribution in [0.3, 0.4) is 0 Å². The summed E-state index contributed by atoms with van der Waals surface area (Å²) < 4.78 is 18.8. The van der Waals surface area contributed by atoms with Gasteiger partial charge in [0.1, 0.15) is 18.2 Å². The third-order valence-electron chi connectivity index (χ3n) is 2.90. The fourth-order valence-corrected chi connectivity index (χ4v) is 1.81. The van der Waals surface area contributed by atoms with Gasteiger partial charge in [-0.2, -0.15) is 5.26 Å². The van der Waals surface area contributed by atoms with Crippen LogP contribution in [0.4, 0.5) is 4.39 Å². The second kappa shape index (κ2) is 6.18. The third kappa shape index (κ3) is 3.34. The van der Waals surface area contributed by atoms with Crippen molar-refractivity contribution in [2.24, 2.45) is 0 Å². The number of hydrogen-bond donors (Lipinski definition) is 1. The van der Waals surface area contributed by atoms with Crippen molar-refractivity contribution in [3.8, 4) is 11.8 Å². The molecule has 2 rings (SSSR count). The summed E-state index contributed by atoms with van der Waals surface area (Å²) in [6, 6.07) is 13.1. The molecule has 0 saturated carbocycles. The standard InChI is InChI=1S/C16H14FNO2/c1-11(19)15-8-14(17)6-7-16(15)20-10-13-4-2-12(9-18)3-5-13/h2-8,11,19H,10H2,1H3/t11-/m1/s1. The maximum Gasteiger partial charge on any atom is 0.125 e. The summed E-state index contributed by atoms with van der Waals surface area (Å²) in [5, 5.41) is 18.3. The molecule has 102 valence electrons. The quantitative estimate of drug-likeness (QED) is 0.928. The van der Waals surface area contributed by atoms with Crippen LogP contribution in [0.25, 0.3) is 0 Å². The highest BCUT2D eigenvalue weighted by Gasteiger charge is 2.10. The van der Waals surface area contributed by atoms with Crippen molar-refractivity contribution in [1.82, 2.24) is 0 Å². The lowest BCUT2D eigenvalue weighted by Crippen LogP contribution is -2.01. The Morgan fingerprint density at radius 1 is 1.25 bits per heavy atom. The van der Waals surface area contributed by atoms with E-state index in [-0.39, 0.29) is 6.61 Å². The molecule has 0 spiro atoms. The lowest BCUT2D eigenvalue weighted by atomic mass is 10.1. The van der Waals surface area contributed by atoms with E-state index in [2.05, 4.69) is 0 Å². The number of halogens is 1. The van der Waals surface area contributed by atoms with Crippen LogP contribution in [-0.4, -0.2) is 5.11 Å². The second-order valence-electron chi connectivity index (χ2n) is 4.46. The molecule has 1 N–H and O–H groups in total. The van der Waals surface area contributed by atoms with Gasteiger partial charge in [-0.1, -0.05) is 12.1 Å². The number of ether oxygens (including phenoxy) is 1. The van der Waals surface area contributed by atoms with Gasteiger partial charge in [-0.25, -0.2) is 4.39 Å². The van der Waals surface area contributed by atoms with Crippen molar-refractivity contribution < 1.29 is 14.2 Å². The van der Waals surface area contributed by atoms with E-state index >= 15 is 0 Å². The monoisotopic (exact) mass is 271 g/mol. The molecule has 0 aromatic heterocycles. The molecule has 2 aromatic carbocycles. The highest BCUT2D eigenvalue weighted by atomic mass is 19.1. The van der Waals surface area contributed by atoms with Crippen molar-refractivity contribution in [2.75, 3.05) is 0 Å². The van der Waals surface area contributed by atoms with E-state index in [1.54, 1.807) is 31.2 Å². The normalized spacial score (nSPS) is 11.7. The molecule has 0 aliphatic rings. The smallest absolute Gasteiger partial charge is 0.125 e. The zero-order valence-corrected chi connectivity index (χ0v) is 11.0. The third-order valence-corrected chi connectivity index (χ3v) is 2.90. The number of aliphatic hydroxyl groups is 1. The first-order valence-corrected chi connectivity index (χ1v) is 6.19. The minimum Gasteiger partial charge on any atom is -0.489 e. The van der Waals surface area contributed by atoms with E-state index in [9.17, 15) is 9.50 Å². The van der Waals surface area contributed by atoms with Crippen LogP contribution < -0.4 is 4.74 Å². The largest absolute Gasteiger partial charge is 0.489 e. The van der Waals surface area contributed by atoms with Gasteiger partial charge in [-0.05, 0) is 42.8 Å². The van der Waals surface area contributed by atoms with Crippen LogP contribution in [0.5, 0.6) is 5.75 Å². The van der Waals surface area contributed by atoms with Gasteiger partial charge in [-0.3, -0.25) is 0 Å². The van der Waals surface area contributed by atoms with E-state index in [1.807, 2.05) is 6.07 Å². The van der Waals surface area contributed by atoms with Crippen LogP contribution >= 0.6 is 0 Å². The van der Waals surface area contributed by atoms with E-state index in [4.69, 9.17) is 10.00 Å². The highest BCUT2D eigenvalue weighted by molar-refractivity contribution is 5.36. The first kappa shape index (κ1) is 14.0. The van der Waals surface area contributed by atoms with Gasteiger partial charge in [0.15, 0.2) is 0 Å². The Balaban J connectivity index is 2.12. The van der Waals surface area contributed by atoms with Crippen LogP contribution in [-0.2, 0) is 6.61 Å². The Morgan fingerprint density at radius 2 is 1.95 bits per heavy atom. The molecule has 0 amide bonds. The van der Waals surface area contributed by atoms with Crippen molar-refractivity contribution in [3.05, 3.63) is 65.0 Å². The number of rotatable bonds is 4. The molecule has 0 aliphatic carbocycles. The van der Waals surface area contributed by atoms with Crippen molar-refractivity contribution in [2.45, 2.75) is 19.6 Å². The highest BCUT2D eigenvalue weighted by Crippen LogP contribution is 2.26. The average Bonchev–Trinajstić information content (AvgIpc) is 2.46. The lowest BCUT2D eigenvalue weighted by Gasteiger charge is -2.13. The fraction of sp³-hybridized carbons (Fsp3) is 0.188. The molecule has 3 nitrogen and oxygen atoms in total. The summed E-state index contributed by atoms with van der Waals surface area (Å²) in [6.45, 7) is 1.85. The van der Waals surface area contributed by atoms with Gasteiger partial charge in [-0.15, -0.1) is 0 Å². The number of hydrogen-bond acceptors (Lipinski definition) is 3. The van der Waals surface area contributed by atoms with Gasteiger partial charge in [0.05, 0.1) is 17.7 Å². The summed E-state index contributed by atoms with van der Waals surface area (Å²) in [6.07, 6.45) is -0.804. The molecule has 2 aromatic rings. The lowest BCUT2D eigenvalue weighted by molar-refractivity contribution is 0.189. The van der Waals surface area contributed by atoms with Crippen LogP contribution in [0.1, 0.15) is 29.7 Å². The van der Waals surface area contributed by atoms with E-state index in [1.165, 1.54) is 18.2 Å². The summed E-state index contributed by atoms with van der Waals surface area (Å²) >= 11 is 0. The molecule has 4 heteroatoms. The van der Waals surface area contributed by atoms with E-state index in [0.717, 1.165) is 5.56 Å². The zero-order valence-electron chi connectivity index (χ0n) is 11.0. The molecule has 1 atom stereocenters. The molecular weight excluding hydrogens is 257 g/mol. The van der Waals surface area contributed by atoms with Gasteiger partial charge < -0.3 is 9.84 Å². The predicted octanol–water partition coefficient (Wildman–Crippen LogP) is 3.33. The molecule has 0 unspecified atom stereocenters. The Morgan fingerprint density at radius 3 is 2.55 bits per heavy atom. The van der Waals surface area contributed by atoms with Crippen LogP contribution in [0, 0.1) is 17.1 Å². The van der Waals surface area contributed by atoms with E-state index in [0.29, 0.717) is 16.9 Å². The molecule has 0 fully saturated rings. The van der Waals surface area contributed by atoms with Crippen LogP contribution in [0.15, 0.2) is 42.5 Å². The molecule has 0 heterocycles. The predicted molar refractivity (Wildman–Crippen MR) is 72.5 cm³/mol. The van der Waals surface area contributed by atoms with Crippen molar-refractivity contribution in [1.29, 1.82) is 5.26 Å². The molecule has 20 heavy (non-hydrogen) atoms. The maximum absolute atomic E-state index is 13.2. The summed E-state index contributed by atoms with van der Waals surface area (Å²) in [5.41, 5.74) is 1.89. The average molecular weight is 271 g/mol. The first-order valence-electron chi connectivity index (χ1n) is 6.19. The van der Waals surface area contributed by atoms with Gasteiger partial charge in [0, 0.05) is 5.56 Å². The number of benzene rings is 2. The van der Waals surface area contributed by atoms with E-state index < -0.39 is 11.9 Å². The molecular formula is C16H14FNO2. The number of aliphatic hydroxyl groups excluding tert-OH is 1. The second-order valence-corrected chi connectivity index (χ2v) is 4.46. The maximum atomic E-state index is 13.2. The van der Waals surface area contributed by atoms with Gasteiger partial charge in [0.2, 0.25) is 0 Å². The molecule has 0 saturated heterocycles. The number of nitriles is 1. The molecule has 0 aliphatic heterocycles. The SMILES string of the molecule is C[C@@H](O)c1cc(F)ccc1OCc1ccc(C#N)cc1. The van der Waals surface area contributed by atoms with Gasteiger partial charge in [0.25, 0.3) is 0 Å². The minimum atomic E-state index is -0.804. The van der Waals surface area contributed by atoms with Gasteiger partial charge >= 0.3 is 0 Å². The van der Waals surface area contributed by atoms with Crippen LogP contribution in [0.2, 0.25) is 0 Å². The summed E-state index contributed by atoms with van der Waals surface area (Å²) in [7, 11) is 0. The molecule has 0 bridgehead atoms.